The average Bonchev–Trinajstić information content (AvgIpc) is 3.00. The van der Waals surface area contributed by atoms with Crippen molar-refractivity contribution in [2.75, 3.05) is 13.1 Å². The first-order valence-electron chi connectivity index (χ1n) is 7.09. The molecule has 0 spiro atoms. The monoisotopic (exact) mass is 289 g/mol. The van der Waals surface area contributed by atoms with Crippen LogP contribution in [0.1, 0.15) is 23.7 Å². The predicted octanol–water partition coefficient (Wildman–Crippen LogP) is 3.43. The lowest BCUT2D eigenvalue weighted by Crippen LogP contribution is -2.20. The number of nitrogens with one attached hydrogen (secondary N) is 1. The Kier molecular flexibility index (Phi) is 4.27. The van der Waals surface area contributed by atoms with Crippen molar-refractivity contribution in [1.29, 1.82) is 0 Å². The van der Waals surface area contributed by atoms with E-state index in [1.807, 2.05) is 0 Å². The van der Waals surface area contributed by atoms with Crippen LogP contribution in [-0.2, 0) is 4.74 Å². The predicted molar refractivity (Wildman–Crippen MR) is 77.0 cm³/mol. The minimum Gasteiger partial charge on any atom is -0.364 e. The number of rotatable bonds is 4. The third kappa shape index (κ3) is 3.46. The topological polar surface area (TPSA) is 21.3 Å². The van der Waals surface area contributed by atoms with Gasteiger partial charge in [0, 0.05) is 6.54 Å². The van der Waals surface area contributed by atoms with Gasteiger partial charge in [0.25, 0.3) is 0 Å². The lowest BCUT2D eigenvalue weighted by Gasteiger charge is -2.22. The summed E-state index contributed by atoms with van der Waals surface area (Å²) in [6.07, 6.45) is 0.750. The standard InChI is InChI=1S/C17H17F2NO/c18-14-5-1-12(2-6-14)17(21-16-9-10-20-11-16)13-3-7-15(19)8-4-13/h1-8,16-17,20H,9-11H2/t16-/m0/s1. The van der Waals surface area contributed by atoms with Crippen molar-refractivity contribution in [3.05, 3.63) is 71.3 Å². The van der Waals surface area contributed by atoms with Crippen molar-refractivity contribution in [3.63, 3.8) is 0 Å². The highest BCUT2D eigenvalue weighted by molar-refractivity contribution is 5.30. The fraction of sp³-hybridized carbons (Fsp3) is 0.294. The normalized spacial score (nSPS) is 18.3. The van der Waals surface area contributed by atoms with E-state index in [-0.39, 0.29) is 23.8 Å². The summed E-state index contributed by atoms with van der Waals surface area (Å²) < 4.78 is 32.4. The van der Waals surface area contributed by atoms with Crippen LogP contribution in [0.25, 0.3) is 0 Å². The maximum absolute atomic E-state index is 13.1. The molecular weight excluding hydrogens is 272 g/mol. The van der Waals surface area contributed by atoms with Gasteiger partial charge in [0.2, 0.25) is 0 Å². The minimum atomic E-state index is -0.309. The van der Waals surface area contributed by atoms with Crippen LogP contribution in [-0.4, -0.2) is 19.2 Å². The van der Waals surface area contributed by atoms with Gasteiger partial charge in [-0.3, -0.25) is 0 Å². The fourth-order valence-electron chi connectivity index (χ4n) is 2.56. The smallest absolute Gasteiger partial charge is 0.123 e. The molecule has 1 aliphatic heterocycles. The van der Waals surface area contributed by atoms with Gasteiger partial charge in [-0.25, -0.2) is 8.78 Å². The molecule has 2 aromatic rings. The van der Waals surface area contributed by atoms with Crippen molar-refractivity contribution in [2.45, 2.75) is 18.6 Å². The molecule has 0 saturated carbocycles. The quantitative estimate of drug-likeness (QED) is 0.931. The van der Waals surface area contributed by atoms with Gasteiger partial charge in [-0.1, -0.05) is 24.3 Å². The highest BCUT2D eigenvalue weighted by atomic mass is 19.1. The van der Waals surface area contributed by atoms with Gasteiger partial charge in [0.15, 0.2) is 0 Å². The molecule has 1 N–H and O–H groups in total. The molecule has 0 amide bonds. The molecule has 1 fully saturated rings. The summed E-state index contributed by atoms with van der Waals surface area (Å²) >= 11 is 0. The molecule has 1 aliphatic rings. The second kappa shape index (κ2) is 6.33. The van der Waals surface area contributed by atoms with Crippen molar-refractivity contribution in [2.24, 2.45) is 0 Å². The van der Waals surface area contributed by atoms with Gasteiger partial charge in [0.05, 0.1) is 6.10 Å². The lowest BCUT2D eigenvalue weighted by atomic mass is 10.0. The van der Waals surface area contributed by atoms with Gasteiger partial charge < -0.3 is 10.1 Å². The molecule has 1 atom stereocenters. The Labute approximate surface area is 122 Å². The molecule has 0 aromatic heterocycles. The Morgan fingerprint density at radius 3 is 1.86 bits per heavy atom. The first kappa shape index (κ1) is 14.2. The summed E-state index contributed by atoms with van der Waals surface area (Å²) in [5.41, 5.74) is 1.74. The molecular formula is C17H17F2NO. The average molecular weight is 289 g/mol. The van der Waals surface area contributed by atoms with Crippen LogP contribution in [0.3, 0.4) is 0 Å². The molecule has 1 heterocycles. The molecule has 4 heteroatoms. The molecule has 0 unspecified atom stereocenters. The Morgan fingerprint density at radius 2 is 1.43 bits per heavy atom. The van der Waals surface area contributed by atoms with E-state index < -0.39 is 0 Å². The summed E-state index contributed by atoms with van der Waals surface area (Å²) in [7, 11) is 0. The van der Waals surface area contributed by atoms with Crippen LogP contribution in [0.15, 0.2) is 48.5 Å². The molecule has 2 aromatic carbocycles. The molecule has 0 aliphatic carbocycles. The highest BCUT2D eigenvalue weighted by Gasteiger charge is 2.23. The van der Waals surface area contributed by atoms with Crippen molar-refractivity contribution in [3.8, 4) is 0 Å². The number of hydrogen-bond acceptors (Lipinski definition) is 2. The Hall–Kier alpha value is -1.78. The summed E-state index contributed by atoms with van der Waals surface area (Å²) in [6.45, 7) is 1.74. The van der Waals surface area contributed by atoms with E-state index in [4.69, 9.17) is 4.74 Å². The molecule has 3 rings (SSSR count). The SMILES string of the molecule is Fc1ccc(C(O[C@H]2CCNC2)c2ccc(F)cc2)cc1. The van der Waals surface area contributed by atoms with Gasteiger partial charge in [0.1, 0.15) is 17.7 Å². The summed E-state index contributed by atoms with van der Waals surface area (Å²) in [4.78, 5) is 0. The van der Waals surface area contributed by atoms with Crippen molar-refractivity contribution in [1.82, 2.24) is 5.32 Å². The van der Waals surface area contributed by atoms with Crippen LogP contribution in [0.2, 0.25) is 0 Å². The summed E-state index contributed by atoms with van der Waals surface area (Å²) in [6, 6.07) is 12.5. The Bertz CT molecular complexity index is 531. The summed E-state index contributed by atoms with van der Waals surface area (Å²) in [5.74, 6) is -0.557. The molecule has 110 valence electrons. The van der Waals surface area contributed by atoms with Gasteiger partial charge in [-0.15, -0.1) is 0 Å². The van der Waals surface area contributed by atoms with E-state index in [2.05, 4.69) is 5.32 Å². The zero-order valence-electron chi connectivity index (χ0n) is 11.6. The number of benzene rings is 2. The first-order chi connectivity index (χ1) is 10.2. The van der Waals surface area contributed by atoms with Gasteiger partial charge in [-0.2, -0.15) is 0 Å². The van der Waals surface area contributed by atoms with E-state index in [0.29, 0.717) is 0 Å². The largest absolute Gasteiger partial charge is 0.364 e. The lowest BCUT2D eigenvalue weighted by molar-refractivity contribution is 0.0203. The molecule has 0 bridgehead atoms. The van der Waals surface area contributed by atoms with Crippen molar-refractivity contribution < 1.29 is 13.5 Å². The molecule has 2 nitrogen and oxygen atoms in total. The third-order valence-electron chi connectivity index (χ3n) is 3.69. The zero-order valence-corrected chi connectivity index (χ0v) is 11.6. The Morgan fingerprint density at radius 1 is 0.905 bits per heavy atom. The van der Waals surface area contributed by atoms with E-state index >= 15 is 0 Å². The van der Waals surface area contributed by atoms with Crippen LogP contribution < -0.4 is 5.32 Å². The number of hydrogen-bond donors (Lipinski definition) is 1. The minimum absolute atomic E-state index is 0.116. The fourth-order valence-corrected chi connectivity index (χ4v) is 2.56. The van der Waals surface area contributed by atoms with E-state index in [1.165, 1.54) is 24.3 Å². The van der Waals surface area contributed by atoms with Gasteiger partial charge >= 0.3 is 0 Å². The highest BCUT2D eigenvalue weighted by Crippen LogP contribution is 2.29. The second-order valence-corrected chi connectivity index (χ2v) is 5.23. The first-order valence-corrected chi connectivity index (χ1v) is 7.09. The van der Waals surface area contributed by atoms with Crippen LogP contribution in [0, 0.1) is 11.6 Å². The van der Waals surface area contributed by atoms with Crippen molar-refractivity contribution >= 4 is 0 Å². The van der Waals surface area contributed by atoms with Crippen LogP contribution >= 0.6 is 0 Å². The summed E-state index contributed by atoms with van der Waals surface area (Å²) in [5, 5.41) is 3.25. The van der Waals surface area contributed by atoms with Gasteiger partial charge in [-0.05, 0) is 48.4 Å². The third-order valence-corrected chi connectivity index (χ3v) is 3.69. The molecule has 0 radical (unpaired) electrons. The maximum Gasteiger partial charge on any atom is 0.123 e. The zero-order chi connectivity index (χ0) is 14.7. The van der Waals surface area contributed by atoms with E-state index in [1.54, 1.807) is 24.3 Å². The van der Waals surface area contributed by atoms with E-state index in [9.17, 15) is 8.78 Å². The Balaban J connectivity index is 1.89. The molecule has 1 saturated heterocycles. The number of ether oxygens (including phenoxy) is 1. The van der Waals surface area contributed by atoms with Crippen LogP contribution in [0.5, 0.6) is 0 Å². The van der Waals surface area contributed by atoms with Crippen LogP contribution in [0.4, 0.5) is 8.78 Å². The second-order valence-electron chi connectivity index (χ2n) is 5.23. The number of halogens is 2. The maximum atomic E-state index is 13.1. The molecule has 21 heavy (non-hydrogen) atoms. The van der Waals surface area contributed by atoms with E-state index in [0.717, 1.165) is 30.6 Å².